The third-order valence-electron chi connectivity index (χ3n) is 6.19. The van der Waals surface area contributed by atoms with Crippen LogP contribution in [0.2, 0.25) is 0 Å². The number of amides is 1. The molecule has 164 valence electrons. The van der Waals surface area contributed by atoms with Gasteiger partial charge in [-0.05, 0) is 44.2 Å². The molecule has 0 radical (unpaired) electrons. The molecule has 1 aliphatic carbocycles. The molecule has 6 nitrogen and oxygen atoms in total. The second kappa shape index (κ2) is 10.2. The molecule has 3 rings (SSSR count). The summed E-state index contributed by atoms with van der Waals surface area (Å²) in [6.45, 7) is 7.87. The molecule has 1 fully saturated rings. The highest BCUT2D eigenvalue weighted by atomic mass is 16.5. The molecule has 1 aromatic heterocycles. The van der Waals surface area contributed by atoms with Gasteiger partial charge in [-0.15, -0.1) is 0 Å². The van der Waals surface area contributed by atoms with E-state index in [1.54, 1.807) is 11.7 Å². The summed E-state index contributed by atoms with van der Waals surface area (Å²) in [5.74, 6) is 1.45. The topological polar surface area (TPSA) is 64.4 Å². The second-order valence-electron chi connectivity index (χ2n) is 8.81. The van der Waals surface area contributed by atoms with Crippen molar-refractivity contribution >= 4 is 16.8 Å². The van der Waals surface area contributed by atoms with Crippen molar-refractivity contribution in [2.24, 2.45) is 11.8 Å². The van der Waals surface area contributed by atoms with E-state index in [0.29, 0.717) is 42.3 Å². The fourth-order valence-electron chi connectivity index (χ4n) is 4.34. The van der Waals surface area contributed by atoms with Crippen LogP contribution in [0.25, 0.3) is 10.9 Å². The van der Waals surface area contributed by atoms with Crippen LogP contribution in [-0.2, 0) is 16.1 Å². The molecule has 1 saturated carbocycles. The minimum absolute atomic E-state index is 0.0726. The van der Waals surface area contributed by atoms with Crippen LogP contribution in [0.4, 0.5) is 0 Å². The maximum Gasteiger partial charge on any atom is 0.261 e. The van der Waals surface area contributed by atoms with Crippen molar-refractivity contribution in [3.05, 3.63) is 40.4 Å². The van der Waals surface area contributed by atoms with E-state index < -0.39 is 0 Å². The molecule has 30 heavy (non-hydrogen) atoms. The fraction of sp³-hybridized carbons (Fsp3) is 0.625. The van der Waals surface area contributed by atoms with Crippen LogP contribution in [0.15, 0.2) is 29.1 Å². The van der Waals surface area contributed by atoms with Crippen molar-refractivity contribution in [3.8, 4) is 0 Å². The summed E-state index contributed by atoms with van der Waals surface area (Å²) in [5, 5.41) is 0.598. The Labute approximate surface area is 179 Å². The third-order valence-corrected chi connectivity index (χ3v) is 6.19. The standard InChI is InChI=1S/C24H35N3O3/c1-17(2)13-14-26(23(28)19-9-5-6-10-19)18(3)22-25-21-12-8-7-11-20(21)24(29)27(22)15-16-30-4/h7-8,11-12,17-19H,5-6,9-10,13-16H2,1-4H3. The lowest BCUT2D eigenvalue weighted by Gasteiger charge is -2.33. The first-order valence-electron chi connectivity index (χ1n) is 11.2. The number of fused-ring (bicyclic) bond motifs is 1. The quantitative estimate of drug-likeness (QED) is 0.619. The Hall–Kier alpha value is -2.21. The zero-order chi connectivity index (χ0) is 21.7. The molecule has 0 saturated heterocycles. The van der Waals surface area contributed by atoms with Crippen molar-refractivity contribution in [1.82, 2.24) is 14.5 Å². The summed E-state index contributed by atoms with van der Waals surface area (Å²) in [7, 11) is 1.63. The molecule has 1 aromatic carbocycles. The summed E-state index contributed by atoms with van der Waals surface area (Å²) in [5.41, 5.74) is 0.603. The highest BCUT2D eigenvalue weighted by Gasteiger charge is 2.32. The van der Waals surface area contributed by atoms with E-state index in [-0.39, 0.29) is 23.4 Å². The molecule has 2 aromatic rings. The molecule has 0 spiro atoms. The normalized spacial score (nSPS) is 15.8. The van der Waals surface area contributed by atoms with Crippen LogP contribution in [0.1, 0.15) is 64.7 Å². The number of hydrogen-bond acceptors (Lipinski definition) is 4. The van der Waals surface area contributed by atoms with Gasteiger partial charge in [-0.2, -0.15) is 0 Å². The Morgan fingerprint density at radius 1 is 1.23 bits per heavy atom. The molecule has 1 aliphatic rings. The van der Waals surface area contributed by atoms with Gasteiger partial charge in [0.25, 0.3) is 5.56 Å². The predicted molar refractivity (Wildman–Crippen MR) is 119 cm³/mol. The lowest BCUT2D eigenvalue weighted by molar-refractivity contribution is -0.138. The van der Waals surface area contributed by atoms with Gasteiger partial charge in [0.2, 0.25) is 5.91 Å². The average Bonchev–Trinajstić information content (AvgIpc) is 3.27. The van der Waals surface area contributed by atoms with Crippen molar-refractivity contribution < 1.29 is 9.53 Å². The van der Waals surface area contributed by atoms with E-state index in [1.807, 2.05) is 36.1 Å². The zero-order valence-corrected chi connectivity index (χ0v) is 18.8. The first-order chi connectivity index (χ1) is 14.4. The molecule has 1 unspecified atom stereocenters. The van der Waals surface area contributed by atoms with Crippen LogP contribution in [0.5, 0.6) is 0 Å². The number of nitrogens with zero attached hydrogens (tertiary/aromatic N) is 3. The molecule has 1 heterocycles. The van der Waals surface area contributed by atoms with E-state index in [9.17, 15) is 9.59 Å². The maximum atomic E-state index is 13.4. The van der Waals surface area contributed by atoms with E-state index in [4.69, 9.17) is 9.72 Å². The molecule has 0 aliphatic heterocycles. The fourth-order valence-corrected chi connectivity index (χ4v) is 4.34. The number of methoxy groups -OCH3 is 1. The summed E-state index contributed by atoms with van der Waals surface area (Å²) >= 11 is 0. The highest BCUT2D eigenvalue weighted by Crippen LogP contribution is 2.30. The number of hydrogen-bond donors (Lipinski definition) is 0. The van der Waals surface area contributed by atoms with E-state index in [0.717, 1.165) is 32.1 Å². The van der Waals surface area contributed by atoms with Crippen LogP contribution in [0, 0.1) is 11.8 Å². The first kappa shape index (κ1) is 22.5. The Morgan fingerprint density at radius 3 is 2.60 bits per heavy atom. The SMILES string of the molecule is COCCn1c(C(C)N(CCC(C)C)C(=O)C2CCCC2)nc2ccccc2c1=O. The molecule has 1 amide bonds. The molecular formula is C24H35N3O3. The molecule has 0 N–H and O–H groups in total. The minimum atomic E-state index is -0.272. The van der Waals surface area contributed by atoms with Crippen molar-refractivity contribution in [1.29, 1.82) is 0 Å². The number of aromatic nitrogens is 2. The van der Waals surface area contributed by atoms with Gasteiger partial charge in [-0.3, -0.25) is 14.2 Å². The third kappa shape index (κ3) is 4.91. The van der Waals surface area contributed by atoms with Gasteiger partial charge in [-0.1, -0.05) is 38.8 Å². The van der Waals surface area contributed by atoms with Gasteiger partial charge in [0.1, 0.15) is 5.82 Å². The van der Waals surface area contributed by atoms with Gasteiger partial charge >= 0.3 is 0 Å². The van der Waals surface area contributed by atoms with Gasteiger partial charge in [0, 0.05) is 19.6 Å². The Morgan fingerprint density at radius 2 is 1.93 bits per heavy atom. The summed E-state index contributed by atoms with van der Waals surface area (Å²) in [6, 6.07) is 7.15. The van der Waals surface area contributed by atoms with E-state index in [2.05, 4.69) is 13.8 Å². The lowest BCUT2D eigenvalue weighted by Crippen LogP contribution is -2.41. The highest BCUT2D eigenvalue weighted by molar-refractivity contribution is 5.80. The number of para-hydroxylation sites is 1. The van der Waals surface area contributed by atoms with Crippen molar-refractivity contribution in [3.63, 3.8) is 0 Å². The summed E-state index contributed by atoms with van der Waals surface area (Å²) < 4.78 is 6.94. The molecule has 0 bridgehead atoms. The Kier molecular flexibility index (Phi) is 7.64. The number of benzene rings is 1. The van der Waals surface area contributed by atoms with Gasteiger partial charge in [-0.25, -0.2) is 4.98 Å². The van der Waals surface area contributed by atoms with E-state index in [1.165, 1.54) is 0 Å². The minimum Gasteiger partial charge on any atom is -0.383 e. The number of carbonyl (C=O) groups excluding carboxylic acids is 1. The van der Waals surface area contributed by atoms with Crippen LogP contribution < -0.4 is 5.56 Å². The lowest BCUT2D eigenvalue weighted by atomic mass is 10.0. The predicted octanol–water partition coefficient (Wildman–Crippen LogP) is 4.17. The molecule has 1 atom stereocenters. The monoisotopic (exact) mass is 413 g/mol. The zero-order valence-electron chi connectivity index (χ0n) is 18.8. The first-order valence-corrected chi connectivity index (χ1v) is 11.2. The number of rotatable bonds is 9. The van der Waals surface area contributed by atoms with Crippen LogP contribution in [-0.4, -0.2) is 40.6 Å². The Bertz CT molecular complexity index is 916. The molecule has 6 heteroatoms. The largest absolute Gasteiger partial charge is 0.383 e. The number of ether oxygens (including phenoxy) is 1. The van der Waals surface area contributed by atoms with Crippen LogP contribution in [0.3, 0.4) is 0 Å². The van der Waals surface area contributed by atoms with Crippen molar-refractivity contribution in [2.45, 2.75) is 65.5 Å². The average molecular weight is 414 g/mol. The van der Waals surface area contributed by atoms with E-state index >= 15 is 0 Å². The second-order valence-corrected chi connectivity index (χ2v) is 8.81. The number of carbonyl (C=O) groups is 1. The summed E-state index contributed by atoms with van der Waals surface area (Å²) in [4.78, 5) is 33.5. The molecular weight excluding hydrogens is 378 g/mol. The van der Waals surface area contributed by atoms with Gasteiger partial charge in [0.15, 0.2) is 0 Å². The summed E-state index contributed by atoms with van der Waals surface area (Å²) in [6.07, 6.45) is 5.10. The smallest absolute Gasteiger partial charge is 0.261 e. The Balaban J connectivity index is 2.04. The maximum absolute atomic E-state index is 13.4. The van der Waals surface area contributed by atoms with Gasteiger partial charge in [0.05, 0.1) is 30.1 Å². The van der Waals surface area contributed by atoms with Gasteiger partial charge < -0.3 is 9.64 Å². The van der Waals surface area contributed by atoms with Crippen molar-refractivity contribution in [2.75, 3.05) is 20.3 Å². The van der Waals surface area contributed by atoms with Crippen LogP contribution >= 0.6 is 0 Å².